The summed E-state index contributed by atoms with van der Waals surface area (Å²) in [5.41, 5.74) is 2.67. The van der Waals surface area contributed by atoms with Crippen molar-refractivity contribution in [2.24, 2.45) is 0 Å². The summed E-state index contributed by atoms with van der Waals surface area (Å²) in [4.78, 5) is 24.8. The molecule has 2 aromatic heterocycles. The van der Waals surface area contributed by atoms with Crippen molar-refractivity contribution in [3.63, 3.8) is 0 Å². The first-order chi connectivity index (χ1) is 11.9. The average Bonchev–Trinajstić information content (AvgIpc) is 2.90. The Labute approximate surface area is 154 Å². The van der Waals surface area contributed by atoms with Crippen molar-refractivity contribution in [1.29, 1.82) is 0 Å². The number of hydrogen-bond acceptors (Lipinski definition) is 3. The van der Waals surface area contributed by atoms with E-state index in [1.54, 1.807) is 0 Å². The SMILES string of the molecule is Cc1cc(C(=O)Cn2ncc(Cl)c(Cl)c2=O)c(C)n1-c1ccccc1. The van der Waals surface area contributed by atoms with Crippen LogP contribution in [0.1, 0.15) is 21.7 Å². The van der Waals surface area contributed by atoms with Crippen molar-refractivity contribution in [2.75, 3.05) is 0 Å². The maximum absolute atomic E-state index is 12.7. The monoisotopic (exact) mass is 375 g/mol. The molecule has 0 atom stereocenters. The second-order valence-corrected chi connectivity index (χ2v) is 6.43. The number of aromatic nitrogens is 3. The Bertz CT molecular complexity index is 1010. The highest BCUT2D eigenvalue weighted by Crippen LogP contribution is 2.21. The fourth-order valence-electron chi connectivity index (χ4n) is 2.80. The molecule has 7 heteroatoms. The van der Waals surface area contributed by atoms with Crippen LogP contribution in [0.3, 0.4) is 0 Å². The lowest BCUT2D eigenvalue weighted by molar-refractivity contribution is 0.0965. The minimum atomic E-state index is -0.584. The molecule has 0 N–H and O–H groups in total. The minimum absolute atomic E-state index is 0.0672. The summed E-state index contributed by atoms with van der Waals surface area (Å²) >= 11 is 11.6. The molecule has 0 fully saturated rings. The van der Waals surface area contributed by atoms with Gasteiger partial charge in [0.1, 0.15) is 11.6 Å². The molecule has 0 spiro atoms. The van der Waals surface area contributed by atoms with E-state index in [4.69, 9.17) is 23.2 Å². The zero-order valence-electron chi connectivity index (χ0n) is 13.7. The average molecular weight is 376 g/mol. The molecule has 0 aliphatic rings. The van der Waals surface area contributed by atoms with Gasteiger partial charge in [0.25, 0.3) is 5.56 Å². The summed E-state index contributed by atoms with van der Waals surface area (Å²) < 4.78 is 3.02. The number of carbonyl (C=O) groups is 1. The highest BCUT2D eigenvalue weighted by Gasteiger charge is 2.18. The predicted octanol–water partition coefficient (Wildman–Crippen LogP) is 3.84. The second-order valence-electron chi connectivity index (χ2n) is 5.65. The molecule has 2 heterocycles. The number of benzene rings is 1. The van der Waals surface area contributed by atoms with Crippen LogP contribution < -0.4 is 5.56 Å². The smallest absolute Gasteiger partial charge is 0.287 e. The molecule has 25 heavy (non-hydrogen) atoms. The van der Waals surface area contributed by atoms with Gasteiger partial charge in [0.05, 0.1) is 11.2 Å². The lowest BCUT2D eigenvalue weighted by Crippen LogP contribution is -2.27. The lowest BCUT2D eigenvalue weighted by Gasteiger charge is -2.10. The molecule has 0 saturated heterocycles. The van der Waals surface area contributed by atoms with Crippen molar-refractivity contribution < 1.29 is 4.79 Å². The van der Waals surface area contributed by atoms with Crippen LogP contribution in [0.25, 0.3) is 5.69 Å². The number of Topliss-reactive ketones (excluding diaryl/α,β-unsaturated/α-hetero) is 1. The van der Waals surface area contributed by atoms with Crippen molar-refractivity contribution in [3.05, 3.63) is 79.9 Å². The van der Waals surface area contributed by atoms with Gasteiger partial charge < -0.3 is 4.57 Å². The molecule has 0 aliphatic heterocycles. The van der Waals surface area contributed by atoms with Gasteiger partial charge in [0.15, 0.2) is 5.78 Å². The van der Waals surface area contributed by atoms with E-state index in [0.717, 1.165) is 21.8 Å². The van der Waals surface area contributed by atoms with Gasteiger partial charge in [0.2, 0.25) is 0 Å². The molecular weight excluding hydrogens is 361 g/mol. The molecular formula is C18H15Cl2N3O2. The van der Waals surface area contributed by atoms with E-state index in [1.165, 1.54) is 6.20 Å². The van der Waals surface area contributed by atoms with Gasteiger partial charge in [0, 0.05) is 22.6 Å². The third-order valence-corrected chi connectivity index (χ3v) is 4.73. The number of aryl methyl sites for hydroxylation is 1. The molecule has 0 saturated carbocycles. The molecule has 0 amide bonds. The lowest BCUT2D eigenvalue weighted by atomic mass is 10.1. The van der Waals surface area contributed by atoms with Crippen LogP contribution in [-0.2, 0) is 6.54 Å². The fourth-order valence-corrected chi connectivity index (χ4v) is 3.07. The molecule has 128 valence electrons. The predicted molar refractivity (Wildman–Crippen MR) is 98.1 cm³/mol. The van der Waals surface area contributed by atoms with E-state index in [1.807, 2.05) is 54.8 Å². The summed E-state index contributed by atoms with van der Waals surface area (Å²) in [5.74, 6) is -0.219. The Morgan fingerprint density at radius 1 is 1.16 bits per heavy atom. The van der Waals surface area contributed by atoms with Crippen molar-refractivity contribution >= 4 is 29.0 Å². The van der Waals surface area contributed by atoms with Crippen molar-refractivity contribution in [2.45, 2.75) is 20.4 Å². The second kappa shape index (κ2) is 6.86. The first kappa shape index (κ1) is 17.5. The fraction of sp³-hybridized carbons (Fsp3) is 0.167. The number of para-hydroxylation sites is 1. The summed E-state index contributed by atoms with van der Waals surface area (Å²) in [6.45, 7) is 3.60. The largest absolute Gasteiger partial charge is 0.318 e. The van der Waals surface area contributed by atoms with Gasteiger partial charge in [-0.15, -0.1) is 0 Å². The highest BCUT2D eigenvalue weighted by molar-refractivity contribution is 6.41. The van der Waals surface area contributed by atoms with Gasteiger partial charge in [-0.25, -0.2) is 4.68 Å². The number of rotatable bonds is 4. The molecule has 0 unspecified atom stereocenters. The van der Waals surface area contributed by atoms with Gasteiger partial charge in [-0.1, -0.05) is 41.4 Å². The molecule has 3 rings (SSSR count). The maximum atomic E-state index is 12.7. The first-order valence-electron chi connectivity index (χ1n) is 7.59. The molecule has 0 aliphatic carbocycles. The number of carbonyl (C=O) groups excluding carboxylic acids is 1. The maximum Gasteiger partial charge on any atom is 0.287 e. The summed E-state index contributed by atoms with van der Waals surface area (Å²) in [5, 5.41) is 3.81. The van der Waals surface area contributed by atoms with Crippen LogP contribution >= 0.6 is 23.2 Å². The number of nitrogens with zero attached hydrogens (tertiary/aromatic N) is 3. The molecule has 1 aromatic carbocycles. The summed E-state index contributed by atoms with van der Waals surface area (Å²) in [7, 11) is 0. The van der Waals surface area contributed by atoms with Crippen LogP contribution in [0.4, 0.5) is 0 Å². The van der Waals surface area contributed by atoms with E-state index in [-0.39, 0.29) is 22.4 Å². The Hall–Kier alpha value is -2.37. The topological polar surface area (TPSA) is 56.9 Å². The number of halogens is 2. The van der Waals surface area contributed by atoms with Crippen molar-refractivity contribution in [3.8, 4) is 5.69 Å². The Morgan fingerprint density at radius 3 is 2.52 bits per heavy atom. The quantitative estimate of drug-likeness (QED) is 0.650. The van der Waals surface area contributed by atoms with Crippen LogP contribution in [-0.4, -0.2) is 20.1 Å². The Morgan fingerprint density at radius 2 is 1.84 bits per heavy atom. The number of ketones is 1. The summed E-state index contributed by atoms with van der Waals surface area (Å²) in [6, 6.07) is 11.6. The van der Waals surface area contributed by atoms with Crippen LogP contribution in [0.15, 0.2) is 47.4 Å². The first-order valence-corrected chi connectivity index (χ1v) is 8.34. The number of hydrogen-bond donors (Lipinski definition) is 0. The Kier molecular flexibility index (Phi) is 4.79. The van der Waals surface area contributed by atoms with Crippen LogP contribution in [0.5, 0.6) is 0 Å². The molecule has 0 radical (unpaired) electrons. The molecule has 5 nitrogen and oxygen atoms in total. The molecule has 0 bridgehead atoms. The van der Waals surface area contributed by atoms with Crippen LogP contribution in [0, 0.1) is 13.8 Å². The van der Waals surface area contributed by atoms with E-state index in [2.05, 4.69) is 5.10 Å². The standard InChI is InChI=1S/C18H15Cl2N3O2/c1-11-8-14(12(2)23(11)13-6-4-3-5-7-13)16(24)10-22-18(25)17(20)15(19)9-21-22/h3-9H,10H2,1-2H3. The van der Waals surface area contributed by atoms with Crippen LogP contribution in [0.2, 0.25) is 10.0 Å². The van der Waals surface area contributed by atoms with E-state index < -0.39 is 5.56 Å². The van der Waals surface area contributed by atoms with Gasteiger partial charge in [-0.05, 0) is 32.0 Å². The normalized spacial score (nSPS) is 10.9. The third-order valence-electron chi connectivity index (χ3n) is 3.98. The Balaban J connectivity index is 1.97. The zero-order valence-corrected chi connectivity index (χ0v) is 15.2. The van der Waals surface area contributed by atoms with Crippen molar-refractivity contribution in [1.82, 2.24) is 14.3 Å². The highest BCUT2D eigenvalue weighted by atomic mass is 35.5. The van der Waals surface area contributed by atoms with Gasteiger partial charge in [-0.3, -0.25) is 9.59 Å². The molecule has 3 aromatic rings. The van der Waals surface area contributed by atoms with Gasteiger partial charge >= 0.3 is 0 Å². The van der Waals surface area contributed by atoms with E-state index in [9.17, 15) is 9.59 Å². The minimum Gasteiger partial charge on any atom is -0.318 e. The van der Waals surface area contributed by atoms with E-state index in [0.29, 0.717) is 5.56 Å². The van der Waals surface area contributed by atoms with Gasteiger partial charge in [-0.2, -0.15) is 5.10 Å². The zero-order chi connectivity index (χ0) is 18.1. The van der Waals surface area contributed by atoms with E-state index >= 15 is 0 Å². The third kappa shape index (κ3) is 3.25. The summed E-state index contributed by atoms with van der Waals surface area (Å²) in [6.07, 6.45) is 1.26.